The fourth-order valence-electron chi connectivity index (χ4n) is 2.13. The van der Waals surface area contributed by atoms with Gasteiger partial charge in [-0.15, -0.1) is 0 Å². The Bertz CT molecular complexity index is 823. The van der Waals surface area contributed by atoms with Gasteiger partial charge in [-0.05, 0) is 24.1 Å². The van der Waals surface area contributed by atoms with Crippen molar-refractivity contribution in [2.75, 3.05) is 18.9 Å². The Morgan fingerprint density at radius 3 is 1.69 bits per heavy atom. The van der Waals surface area contributed by atoms with E-state index in [-0.39, 0.29) is 29.6 Å². The smallest absolute Gasteiger partial charge is 0.739 e. The predicted octanol–water partition coefficient (Wildman–Crippen LogP) is 1.68. The van der Waals surface area contributed by atoms with Gasteiger partial charge in [0.15, 0.2) is 0 Å². The molecule has 0 aliphatic heterocycles. The molecule has 0 spiro atoms. The molecule has 0 bridgehead atoms. The molecule has 0 radical (unpaired) electrons. The molecule has 0 aliphatic carbocycles. The number of hydrogen-bond acceptors (Lipinski definition) is 6. The maximum Gasteiger partial charge on any atom is 1.00 e. The molecule has 1 amide bonds. The van der Waals surface area contributed by atoms with E-state index in [0.717, 1.165) is 6.92 Å². The van der Waals surface area contributed by atoms with Crippen LogP contribution in [0.2, 0.25) is 0 Å². The number of carbonyl (C=O) groups excluding carboxylic acids is 1. The molecule has 0 fully saturated rings. The number of hydrogen-bond donors (Lipinski definition) is 1. The monoisotopic (exact) mass is 597 g/mol. The van der Waals surface area contributed by atoms with E-state index < -0.39 is 93.1 Å². The van der Waals surface area contributed by atoms with Crippen LogP contribution in [0.15, 0.2) is 0 Å². The molecule has 22 heteroatoms. The number of rotatable bonds is 12. The van der Waals surface area contributed by atoms with Gasteiger partial charge < -0.3 is 14.6 Å². The summed E-state index contributed by atoms with van der Waals surface area (Å²) in [7, 11) is -6.05. The first-order valence-electron chi connectivity index (χ1n) is 8.27. The maximum atomic E-state index is 14.3. The zero-order valence-corrected chi connectivity index (χ0v) is 20.8. The first-order valence-corrected chi connectivity index (χ1v) is 11.2. The third kappa shape index (κ3) is 7.81. The summed E-state index contributed by atoms with van der Waals surface area (Å²) in [6, 6.07) is 0. The van der Waals surface area contributed by atoms with Crippen molar-refractivity contribution in [3.8, 4) is 0 Å². The SMILES string of the molecule is CCOC(=O)NCC(CCSS(=O)(=O)[O-])C(F)(F)C(F)(F)C(F)(F)C(F)(F)C(F)(F)C(F)(F)F.[Na+]. The quantitative estimate of drug-likeness (QED) is 0.159. The number of alkyl carbamates (subject to hydrolysis) is 1. The number of nitrogens with one attached hydrogen (secondary N) is 1. The minimum Gasteiger partial charge on any atom is -0.739 e. The first-order chi connectivity index (χ1) is 14.8. The van der Waals surface area contributed by atoms with Gasteiger partial charge in [0.05, 0.1) is 6.61 Å². The summed E-state index contributed by atoms with van der Waals surface area (Å²) >= 11 is 0. The molecule has 0 aromatic rings. The molecule has 204 valence electrons. The minimum absolute atomic E-state index is 0. The van der Waals surface area contributed by atoms with Crippen molar-refractivity contribution in [2.24, 2.45) is 5.92 Å². The Morgan fingerprint density at radius 2 is 1.31 bits per heavy atom. The van der Waals surface area contributed by atoms with Gasteiger partial charge in [0.1, 0.15) is 9.15 Å². The summed E-state index contributed by atoms with van der Waals surface area (Å²) in [4.78, 5) is 11.1. The van der Waals surface area contributed by atoms with E-state index in [1.54, 1.807) is 0 Å². The van der Waals surface area contributed by atoms with Crippen LogP contribution in [0.3, 0.4) is 0 Å². The van der Waals surface area contributed by atoms with Crippen molar-refractivity contribution >= 4 is 26.0 Å². The van der Waals surface area contributed by atoms with Crippen molar-refractivity contribution < 1.29 is 109 Å². The molecule has 0 heterocycles. The average Bonchev–Trinajstić information content (AvgIpc) is 2.61. The Morgan fingerprint density at radius 1 is 0.886 bits per heavy atom. The molecule has 0 aromatic carbocycles. The van der Waals surface area contributed by atoms with Gasteiger partial charge in [-0.2, -0.15) is 57.1 Å². The second-order valence-corrected chi connectivity index (χ2v) is 9.63. The summed E-state index contributed by atoms with van der Waals surface area (Å²) in [5.74, 6) is -43.2. The van der Waals surface area contributed by atoms with Crippen LogP contribution in [0, 0.1) is 5.92 Å². The van der Waals surface area contributed by atoms with E-state index in [1.807, 2.05) is 0 Å². The van der Waals surface area contributed by atoms with E-state index in [4.69, 9.17) is 0 Å². The van der Waals surface area contributed by atoms with Crippen LogP contribution in [0.1, 0.15) is 13.3 Å². The Balaban J connectivity index is 0. The maximum absolute atomic E-state index is 14.3. The summed E-state index contributed by atoms with van der Waals surface area (Å²) < 4.78 is 208. The molecule has 6 nitrogen and oxygen atoms in total. The van der Waals surface area contributed by atoms with Crippen molar-refractivity contribution in [1.29, 1.82) is 0 Å². The van der Waals surface area contributed by atoms with E-state index in [2.05, 4.69) is 4.74 Å². The average molecular weight is 597 g/mol. The Labute approximate surface area is 214 Å². The van der Waals surface area contributed by atoms with E-state index in [1.165, 1.54) is 5.32 Å². The first kappa shape index (κ1) is 36.8. The second-order valence-electron chi connectivity index (χ2n) is 6.24. The second kappa shape index (κ2) is 12.0. The summed E-state index contributed by atoms with van der Waals surface area (Å²) in [5, 5.41) is 1.28. The number of ether oxygens (including phenoxy) is 1. The minimum atomic E-state index is -8.11. The van der Waals surface area contributed by atoms with Gasteiger partial charge in [-0.25, -0.2) is 13.2 Å². The zero-order chi connectivity index (χ0) is 27.6. The molecule has 1 N–H and O–H groups in total. The molecular weight excluding hydrogens is 584 g/mol. The van der Waals surface area contributed by atoms with Crippen molar-refractivity contribution in [1.82, 2.24) is 5.32 Å². The molecule has 1 atom stereocenters. The molecule has 0 rings (SSSR count). The third-order valence-electron chi connectivity index (χ3n) is 3.93. The number of alkyl halides is 13. The normalized spacial score (nSPS) is 15.3. The number of halogens is 13. The topological polar surface area (TPSA) is 95.5 Å². The van der Waals surface area contributed by atoms with Crippen LogP contribution in [0.4, 0.5) is 61.9 Å². The van der Waals surface area contributed by atoms with Crippen LogP contribution >= 0.6 is 10.8 Å². The number of amides is 1. The molecule has 0 saturated heterocycles. The summed E-state index contributed by atoms with van der Waals surface area (Å²) in [6.07, 6.45) is -11.0. The van der Waals surface area contributed by atoms with Gasteiger partial charge >= 0.3 is 71.4 Å². The molecule has 35 heavy (non-hydrogen) atoms. The van der Waals surface area contributed by atoms with E-state index in [9.17, 15) is 74.8 Å². The summed E-state index contributed by atoms with van der Waals surface area (Å²) in [6.45, 7) is -1.21. The van der Waals surface area contributed by atoms with E-state index in [0.29, 0.717) is 0 Å². The van der Waals surface area contributed by atoms with Gasteiger partial charge in [-0.1, -0.05) is 0 Å². The molecule has 0 saturated carbocycles. The molecular formula is C13H13F13NNaO5S2. The fourth-order valence-corrected chi connectivity index (χ4v) is 3.62. The van der Waals surface area contributed by atoms with Gasteiger partial charge in [0.25, 0.3) is 0 Å². The van der Waals surface area contributed by atoms with Crippen molar-refractivity contribution in [3.63, 3.8) is 0 Å². The van der Waals surface area contributed by atoms with Gasteiger partial charge in [0.2, 0.25) is 0 Å². The van der Waals surface area contributed by atoms with Crippen LogP contribution < -0.4 is 34.9 Å². The van der Waals surface area contributed by atoms with Crippen LogP contribution in [0.25, 0.3) is 0 Å². The van der Waals surface area contributed by atoms with Crippen LogP contribution in [-0.4, -0.2) is 73.8 Å². The standard InChI is InChI=1S/C13H14F13NO5S2.Na/c1-2-32-7(28)27-5-6(3-4-33-34(29,30)31)8(14,15)9(16,17)10(18,19)11(20,21)12(22,23)13(24,25)26;/h6H,2-5H2,1H3,(H,27,28)(H,29,30,31);/q;+1/p-1. The molecule has 1 unspecified atom stereocenters. The Kier molecular flexibility index (Phi) is 12.6. The van der Waals surface area contributed by atoms with Crippen LogP contribution in [-0.2, 0) is 13.9 Å². The molecule has 0 aromatic heterocycles. The number of carbonyl (C=O) groups is 1. The van der Waals surface area contributed by atoms with Crippen molar-refractivity contribution in [3.05, 3.63) is 0 Å². The van der Waals surface area contributed by atoms with Gasteiger partial charge in [0, 0.05) is 18.2 Å². The fraction of sp³-hybridized carbons (Fsp3) is 0.923. The third-order valence-corrected chi connectivity index (χ3v) is 5.99. The zero-order valence-electron chi connectivity index (χ0n) is 17.2. The van der Waals surface area contributed by atoms with Crippen LogP contribution in [0.5, 0.6) is 0 Å². The predicted molar refractivity (Wildman–Crippen MR) is 86.1 cm³/mol. The Hall–Kier alpha value is -0.380. The van der Waals surface area contributed by atoms with Gasteiger partial charge in [-0.3, -0.25) is 0 Å². The van der Waals surface area contributed by atoms with E-state index >= 15 is 0 Å². The summed E-state index contributed by atoms with van der Waals surface area (Å²) in [5.41, 5.74) is 0. The van der Waals surface area contributed by atoms with Crippen molar-refractivity contribution in [2.45, 2.75) is 49.1 Å². The molecule has 0 aliphatic rings. The largest absolute Gasteiger partial charge is 1.00 e.